The molecule has 0 radical (unpaired) electrons. The van der Waals surface area contributed by atoms with Crippen molar-refractivity contribution < 1.29 is 27.4 Å². The fourth-order valence-corrected chi connectivity index (χ4v) is 3.82. The molecule has 0 aliphatic rings. The van der Waals surface area contributed by atoms with E-state index in [2.05, 4.69) is 0 Å². The van der Waals surface area contributed by atoms with Crippen LogP contribution in [0.25, 0.3) is 0 Å². The van der Waals surface area contributed by atoms with Crippen molar-refractivity contribution >= 4 is 10.0 Å². The van der Waals surface area contributed by atoms with E-state index in [1.807, 2.05) is 0 Å². The van der Waals surface area contributed by atoms with Crippen LogP contribution >= 0.6 is 0 Å². The van der Waals surface area contributed by atoms with E-state index in [4.69, 9.17) is 18.9 Å². The van der Waals surface area contributed by atoms with Crippen molar-refractivity contribution in [2.75, 3.05) is 34.2 Å². The van der Waals surface area contributed by atoms with E-state index in [1.54, 1.807) is 71.8 Å². The van der Waals surface area contributed by atoms with Crippen molar-refractivity contribution in [2.45, 2.75) is 20.0 Å². The molecular weight excluding hydrogens is 382 g/mol. The van der Waals surface area contributed by atoms with Crippen LogP contribution in [0, 0.1) is 0 Å². The largest absolute Gasteiger partial charge is 0.497 e. The van der Waals surface area contributed by atoms with E-state index in [9.17, 15) is 8.42 Å². The lowest BCUT2D eigenvalue weighted by Crippen LogP contribution is -2.31. The Kier molecular flexibility index (Phi) is 7.53. The van der Waals surface area contributed by atoms with Crippen molar-refractivity contribution in [3.05, 3.63) is 47.5 Å². The molecule has 0 heterocycles. The molecule has 0 amide bonds. The first-order valence-electron chi connectivity index (χ1n) is 8.78. The zero-order valence-electron chi connectivity index (χ0n) is 16.9. The highest BCUT2D eigenvalue weighted by molar-refractivity contribution is 7.89. The summed E-state index contributed by atoms with van der Waals surface area (Å²) in [5.74, 6) is 2.41. The van der Waals surface area contributed by atoms with Gasteiger partial charge in [0.2, 0.25) is 10.0 Å². The van der Waals surface area contributed by atoms with Crippen LogP contribution in [0.5, 0.6) is 23.0 Å². The van der Waals surface area contributed by atoms with E-state index < -0.39 is 10.0 Å². The molecule has 154 valence electrons. The van der Waals surface area contributed by atoms with Crippen molar-refractivity contribution in [3.8, 4) is 23.0 Å². The fourth-order valence-electron chi connectivity index (χ4n) is 2.78. The molecule has 2 aromatic carbocycles. The molecule has 0 saturated heterocycles. The van der Waals surface area contributed by atoms with E-state index in [-0.39, 0.29) is 18.8 Å². The van der Waals surface area contributed by atoms with Gasteiger partial charge in [0.25, 0.3) is 0 Å². The topological polar surface area (TPSA) is 74.3 Å². The number of rotatable bonds is 10. The van der Waals surface area contributed by atoms with Crippen molar-refractivity contribution in [1.29, 1.82) is 0 Å². The molecule has 0 aromatic heterocycles. The first kappa shape index (κ1) is 21.8. The second kappa shape index (κ2) is 9.66. The smallest absolute Gasteiger partial charge is 0.214 e. The second-order valence-corrected chi connectivity index (χ2v) is 8.28. The minimum absolute atomic E-state index is 0.00998. The van der Waals surface area contributed by atoms with Gasteiger partial charge in [-0.15, -0.1) is 0 Å². The Morgan fingerprint density at radius 1 is 0.750 bits per heavy atom. The van der Waals surface area contributed by atoms with Gasteiger partial charge in [-0.1, -0.05) is 12.1 Å². The van der Waals surface area contributed by atoms with Gasteiger partial charge in [0.15, 0.2) is 0 Å². The molecular formula is C20H27NO6S. The summed E-state index contributed by atoms with van der Waals surface area (Å²) in [5, 5.41) is 0. The molecule has 28 heavy (non-hydrogen) atoms. The molecule has 0 saturated carbocycles. The number of ether oxygens (including phenoxy) is 4. The summed E-state index contributed by atoms with van der Waals surface area (Å²) >= 11 is 0. The molecule has 0 bridgehead atoms. The summed E-state index contributed by atoms with van der Waals surface area (Å²) in [6.07, 6.45) is 0. The maximum atomic E-state index is 12.7. The van der Waals surface area contributed by atoms with E-state index in [0.29, 0.717) is 23.0 Å². The van der Waals surface area contributed by atoms with E-state index >= 15 is 0 Å². The van der Waals surface area contributed by atoms with Gasteiger partial charge in [0, 0.05) is 36.3 Å². The van der Waals surface area contributed by atoms with Crippen molar-refractivity contribution in [3.63, 3.8) is 0 Å². The van der Waals surface area contributed by atoms with Crippen LogP contribution in [0.1, 0.15) is 18.1 Å². The normalized spacial score (nSPS) is 11.4. The van der Waals surface area contributed by atoms with Crippen LogP contribution in [0.15, 0.2) is 36.4 Å². The zero-order valence-corrected chi connectivity index (χ0v) is 17.7. The number of sulfonamides is 1. The highest BCUT2D eigenvalue weighted by atomic mass is 32.2. The number of hydrogen-bond donors (Lipinski definition) is 0. The summed E-state index contributed by atoms with van der Waals surface area (Å²) in [6.45, 7) is 1.95. The zero-order chi connectivity index (χ0) is 20.7. The molecule has 0 spiro atoms. The van der Waals surface area contributed by atoms with Gasteiger partial charge < -0.3 is 18.9 Å². The Labute approximate surface area is 166 Å². The Hall–Kier alpha value is -2.45. The van der Waals surface area contributed by atoms with Gasteiger partial charge in [-0.2, -0.15) is 4.31 Å². The Morgan fingerprint density at radius 2 is 1.18 bits per heavy atom. The van der Waals surface area contributed by atoms with Crippen LogP contribution in [-0.2, 0) is 23.1 Å². The Bertz CT molecular complexity index is 840. The third-order valence-corrected chi connectivity index (χ3v) is 6.21. The van der Waals surface area contributed by atoms with Gasteiger partial charge in [-0.05, 0) is 19.1 Å². The molecule has 0 unspecified atom stereocenters. The molecule has 0 aliphatic carbocycles. The minimum Gasteiger partial charge on any atom is -0.497 e. The summed E-state index contributed by atoms with van der Waals surface area (Å²) in [4.78, 5) is 0. The van der Waals surface area contributed by atoms with Gasteiger partial charge in [0.05, 0.1) is 34.2 Å². The third-order valence-electron chi connectivity index (χ3n) is 4.44. The summed E-state index contributed by atoms with van der Waals surface area (Å²) in [6, 6.07) is 10.6. The number of nitrogens with zero attached hydrogens (tertiary/aromatic N) is 1. The maximum Gasteiger partial charge on any atom is 0.214 e. The number of benzene rings is 2. The molecule has 0 aliphatic heterocycles. The third kappa shape index (κ3) is 5.08. The molecule has 0 atom stereocenters. The fraction of sp³-hybridized carbons (Fsp3) is 0.400. The summed E-state index contributed by atoms with van der Waals surface area (Å²) in [7, 11) is 2.75. The van der Waals surface area contributed by atoms with Gasteiger partial charge in [0.1, 0.15) is 23.0 Å². The van der Waals surface area contributed by atoms with Gasteiger partial charge in [-0.25, -0.2) is 8.42 Å². The van der Waals surface area contributed by atoms with Crippen LogP contribution in [0.2, 0.25) is 0 Å². The van der Waals surface area contributed by atoms with Gasteiger partial charge >= 0.3 is 0 Å². The van der Waals surface area contributed by atoms with Gasteiger partial charge in [-0.3, -0.25) is 0 Å². The predicted octanol–water partition coefficient (Wildman–Crippen LogP) is 3.07. The summed E-state index contributed by atoms with van der Waals surface area (Å²) in [5.41, 5.74) is 1.49. The lowest BCUT2D eigenvalue weighted by Gasteiger charge is -2.24. The average Bonchev–Trinajstić information content (AvgIpc) is 2.73. The SMILES string of the molecule is CCS(=O)(=O)N(Cc1ccc(OC)cc1OC)Cc1ccc(OC)cc1OC. The van der Waals surface area contributed by atoms with Crippen LogP contribution in [0.3, 0.4) is 0 Å². The quantitative estimate of drug-likeness (QED) is 0.600. The monoisotopic (exact) mass is 409 g/mol. The maximum absolute atomic E-state index is 12.7. The molecule has 2 rings (SSSR count). The van der Waals surface area contributed by atoms with E-state index in [0.717, 1.165) is 11.1 Å². The Balaban J connectivity index is 2.40. The highest BCUT2D eigenvalue weighted by Crippen LogP contribution is 2.30. The first-order valence-corrected chi connectivity index (χ1v) is 10.4. The number of methoxy groups -OCH3 is 4. The molecule has 0 N–H and O–H groups in total. The number of hydrogen-bond acceptors (Lipinski definition) is 6. The van der Waals surface area contributed by atoms with Crippen molar-refractivity contribution in [2.24, 2.45) is 0 Å². The lowest BCUT2D eigenvalue weighted by atomic mass is 10.1. The van der Waals surface area contributed by atoms with Crippen LogP contribution in [0.4, 0.5) is 0 Å². The van der Waals surface area contributed by atoms with Crippen molar-refractivity contribution in [1.82, 2.24) is 4.31 Å². The predicted molar refractivity (Wildman–Crippen MR) is 108 cm³/mol. The molecule has 7 nitrogen and oxygen atoms in total. The lowest BCUT2D eigenvalue weighted by molar-refractivity contribution is 0.358. The molecule has 0 fully saturated rings. The summed E-state index contributed by atoms with van der Waals surface area (Å²) < 4.78 is 48.2. The molecule has 2 aromatic rings. The molecule has 8 heteroatoms. The second-order valence-electron chi connectivity index (χ2n) is 6.02. The average molecular weight is 410 g/mol. The highest BCUT2D eigenvalue weighted by Gasteiger charge is 2.24. The van der Waals surface area contributed by atoms with Crippen LogP contribution < -0.4 is 18.9 Å². The standard InChI is InChI=1S/C20H27NO6S/c1-6-28(22,23)21(13-15-7-9-17(24-2)11-19(15)26-4)14-16-8-10-18(25-3)12-20(16)27-5/h7-12H,6,13-14H2,1-5H3. The Morgan fingerprint density at radius 3 is 1.50 bits per heavy atom. The van der Waals surface area contributed by atoms with Crippen LogP contribution in [-0.4, -0.2) is 46.9 Å². The van der Waals surface area contributed by atoms with E-state index in [1.165, 1.54) is 4.31 Å². The minimum atomic E-state index is -3.48. The first-order chi connectivity index (χ1) is 13.4.